The van der Waals surface area contributed by atoms with Crippen LogP contribution in [0, 0.1) is 23.5 Å². The molecular formula is C31H36F2O. The molecule has 1 aliphatic rings. The Labute approximate surface area is 203 Å². The van der Waals surface area contributed by atoms with Crippen molar-refractivity contribution in [2.24, 2.45) is 11.8 Å². The van der Waals surface area contributed by atoms with E-state index in [9.17, 15) is 8.78 Å². The van der Waals surface area contributed by atoms with E-state index in [4.69, 9.17) is 4.74 Å². The van der Waals surface area contributed by atoms with Gasteiger partial charge in [0.05, 0.1) is 6.61 Å². The Morgan fingerprint density at radius 3 is 1.88 bits per heavy atom. The molecule has 3 heteroatoms. The van der Waals surface area contributed by atoms with E-state index in [0.29, 0.717) is 29.0 Å². The second-order valence-corrected chi connectivity index (χ2v) is 9.74. The van der Waals surface area contributed by atoms with E-state index < -0.39 is 11.6 Å². The number of hydrogen-bond donors (Lipinski definition) is 0. The first kappa shape index (κ1) is 24.4. The molecule has 0 bridgehead atoms. The minimum Gasteiger partial charge on any atom is -0.493 e. The summed E-state index contributed by atoms with van der Waals surface area (Å²) >= 11 is 0. The van der Waals surface area contributed by atoms with Gasteiger partial charge in [0, 0.05) is 5.56 Å². The molecule has 1 fully saturated rings. The number of ether oxygens (including phenoxy) is 1. The van der Waals surface area contributed by atoms with Crippen molar-refractivity contribution in [1.82, 2.24) is 0 Å². The first-order valence-electron chi connectivity index (χ1n) is 12.9. The summed E-state index contributed by atoms with van der Waals surface area (Å²) < 4.78 is 35.1. The molecule has 1 saturated carbocycles. The van der Waals surface area contributed by atoms with Gasteiger partial charge in [0.15, 0.2) is 11.6 Å². The SMILES string of the molecule is CCCc1ccc(-c2ccc(-c3ccc(OCC4CCC(CCC)CC4)cc3)cc2)c(F)c1F. The molecule has 0 atom stereocenters. The molecule has 0 amide bonds. The Morgan fingerprint density at radius 2 is 1.26 bits per heavy atom. The largest absolute Gasteiger partial charge is 0.493 e. The lowest BCUT2D eigenvalue weighted by molar-refractivity contribution is 0.178. The lowest BCUT2D eigenvalue weighted by Gasteiger charge is -2.28. The average molecular weight is 463 g/mol. The molecule has 4 rings (SSSR count). The van der Waals surface area contributed by atoms with Crippen LogP contribution in [-0.2, 0) is 6.42 Å². The van der Waals surface area contributed by atoms with Crippen molar-refractivity contribution >= 4 is 0 Å². The molecule has 3 aromatic carbocycles. The van der Waals surface area contributed by atoms with E-state index in [2.05, 4.69) is 19.1 Å². The summed E-state index contributed by atoms with van der Waals surface area (Å²) in [7, 11) is 0. The molecule has 0 spiro atoms. The van der Waals surface area contributed by atoms with Crippen LogP contribution >= 0.6 is 0 Å². The fourth-order valence-corrected chi connectivity index (χ4v) is 5.17. The van der Waals surface area contributed by atoms with Crippen LogP contribution in [0.25, 0.3) is 22.3 Å². The van der Waals surface area contributed by atoms with Crippen LogP contribution in [0.1, 0.15) is 64.4 Å². The third-order valence-electron chi connectivity index (χ3n) is 7.21. The average Bonchev–Trinajstić information content (AvgIpc) is 2.87. The van der Waals surface area contributed by atoms with Crippen LogP contribution in [0.2, 0.25) is 0 Å². The summed E-state index contributed by atoms with van der Waals surface area (Å²) in [4.78, 5) is 0. The molecule has 0 unspecified atom stereocenters. The molecule has 0 heterocycles. The van der Waals surface area contributed by atoms with Gasteiger partial charge in [-0.1, -0.05) is 94.5 Å². The molecule has 0 N–H and O–H groups in total. The third-order valence-corrected chi connectivity index (χ3v) is 7.21. The van der Waals surface area contributed by atoms with E-state index in [1.807, 2.05) is 43.3 Å². The molecule has 0 radical (unpaired) electrons. The van der Waals surface area contributed by atoms with Gasteiger partial charge < -0.3 is 4.74 Å². The molecule has 180 valence electrons. The summed E-state index contributed by atoms with van der Waals surface area (Å²) in [5.41, 5.74) is 3.52. The molecule has 0 aromatic heterocycles. The Hall–Kier alpha value is -2.68. The molecule has 34 heavy (non-hydrogen) atoms. The third kappa shape index (κ3) is 5.87. The zero-order valence-electron chi connectivity index (χ0n) is 20.5. The van der Waals surface area contributed by atoms with Crippen LogP contribution in [-0.4, -0.2) is 6.61 Å². The molecule has 3 aromatic rings. The number of rotatable bonds is 9. The maximum absolute atomic E-state index is 14.6. The fraction of sp³-hybridized carbons (Fsp3) is 0.419. The quantitative estimate of drug-likeness (QED) is 0.308. The fourth-order valence-electron chi connectivity index (χ4n) is 5.17. The van der Waals surface area contributed by atoms with Gasteiger partial charge in [0.25, 0.3) is 0 Å². The standard InChI is InChI=1S/C31H36F2O/c1-3-5-22-7-9-23(10-8-22)21-34-28-18-15-25(16-19-28)24-11-13-26(14-12-24)29-20-17-27(6-4-2)30(32)31(29)33/h11-20,22-23H,3-10,21H2,1-2H3. The Bertz CT molecular complexity index is 1050. The predicted molar refractivity (Wildman–Crippen MR) is 137 cm³/mol. The van der Waals surface area contributed by atoms with Crippen molar-refractivity contribution < 1.29 is 13.5 Å². The summed E-state index contributed by atoms with van der Waals surface area (Å²) in [5, 5.41) is 0. The lowest BCUT2D eigenvalue weighted by atomic mass is 9.80. The highest BCUT2D eigenvalue weighted by atomic mass is 19.2. The lowest BCUT2D eigenvalue weighted by Crippen LogP contribution is -2.20. The van der Waals surface area contributed by atoms with Gasteiger partial charge in [0.2, 0.25) is 0 Å². The molecular weight excluding hydrogens is 426 g/mol. The Kier molecular flexibility index (Phi) is 8.37. The summed E-state index contributed by atoms with van der Waals surface area (Å²) in [6.07, 6.45) is 9.24. The normalized spacial score (nSPS) is 18.1. The van der Waals surface area contributed by atoms with Gasteiger partial charge in [-0.25, -0.2) is 8.78 Å². The van der Waals surface area contributed by atoms with Crippen molar-refractivity contribution in [3.05, 3.63) is 77.9 Å². The van der Waals surface area contributed by atoms with E-state index >= 15 is 0 Å². The maximum atomic E-state index is 14.6. The van der Waals surface area contributed by atoms with Crippen molar-refractivity contribution in [1.29, 1.82) is 0 Å². The number of halogens is 2. The first-order valence-corrected chi connectivity index (χ1v) is 12.9. The summed E-state index contributed by atoms with van der Waals surface area (Å²) in [6, 6.07) is 19.2. The number of aryl methyl sites for hydroxylation is 1. The molecule has 0 saturated heterocycles. The smallest absolute Gasteiger partial charge is 0.166 e. The highest BCUT2D eigenvalue weighted by Crippen LogP contribution is 2.33. The van der Waals surface area contributed by atoms with Gasteiger partial charge in [-0.05, 0) is 65.5 Å². The van der Waals surface area contributed by atoms with Crippen molar-refractivity contribution in [2.45, 2.75) is 65.2 Å². The molecule has 1 nitrogen and oxygen atoms in total. The highest BCUT2D eigenvalue weighted by molar-refractivity contribution is 5.71. The topological polar surface area (TPSA) is 9.23 Å². The van der Waals surface area contributed by atoms with Gasteiger partial charge in [0.1, 0.15) is 5.75 Å². The van der Waals surface area contributed by atoms with Gasteiger partial charge in [-0.3, -0.25) is 0 Å². The van der Waals surface area contributed by atoms with E-state index in [-0.39, 0.29) is 0 Å². The van der Waals surface area contributed by atoms with Crippen LogP contribution in [0.5, 0.6) is 5.75 Å². The minimum atomic E-state index is -0.765. The highest BCUT2D eigenvalue weighted by Gasteiger charge is 2.21. The van der Waals surface area contributed by atoms with E-state index in [1.54, 1.807) is 12.1 Å². The van der Waals surface area contributed by atoms with Gasteiger partial charge in [-0.2, -0.15) is 0 Å². The molecule has 0 aliphatic heterocycles. The monoisotopic (exact) mass is 462 g/mol. The Morgan fingerprint density at radius 1 is 0.676 bits per heavy atom. The van der Waals surface area contributed by atoms with Crippen LogP contribution in [0.3, 0.4) is 0 Å². The van der Waals surface area contributed by atoms with Crippen LogP contribution < -0.4 is 4.74 Å². The minimum absolute atomic E-state index is 0.302. The van der Waals surface area contributed by atoms with Crippen LogP contribution in [0.4, 0.5) is 8.78 Å². The molecule has 1 aliphatic carbocycles. The van der Waals surface area contributed by atoms with E-state index in [0.717, 1.165) is 35.8 Å². The predicted octanol–water partition coefficient (Wildman–Crippen LogP) is 9.24. The summed E-state index contributed by atoms with van der Waals surface area (Å²) in [5.74, 6) is 0.997. The van der Waals surface area contributed by atoms with Crippen molar-refractivity contribution in [2.75, 3.05) is 6.61 Å². The van der Waals surface area contributed by atoms with Crippen LogP contribution in [0.15, 0.2) is 60.7 Å². The van der Waals surface area contributed by atoms with Crippen molar-refractivity contribution in [3.63, 3.8) is 0 Å². The second-order valence-electron chi connectivity index (χ2n) is 9.74. The zero-order valence-corrected chi connectivity index (χ0v) is 20.5. The van der Waals surface area contributed by atoms with Crippen molar-refractivity contribution in [3.8, 4) is 28.0 Å². The second kappa shape index (κ2) is 11.6. The summed E-state index contributed by atoms with van der Waals surface area (Å²) in [6.45, 7) is 5.04. The zero-order chi connectivity index (χ0) is 23.9. The van der Waals surface area contributed by atoms with E-state index in [1.165, 1.54) is 38.5 Å². The Balaban J connectivity index is 1.36. The first-order chi connectivity index (χ1) is 16.6. The van der Waals surface area contributed by atoms with Gasteiger partial charge >= 0.3 is 0 Å². The maximum Gasteiger partial charge on any atom is 0.166 e. The van der Waals surface area contributed by atoms with Gasteiger partial charge in [-0.15, -0.1) is 0 Å². The number of hydrogen-bond acceptors (Lipinski definition) is 1. The number of benzene rings is 3.